The Labute approximate surface area is 98.1 Å². The van der Waals surface area contributed by atoms with Crippen LogP contribution in [0, 0.1) is 5.82 Å². The Balaban J connectivity index is 2.08. The van der Waals surface area contributed by atoms with Gasteiger partial charge in [-0.05, 0) is 12.8 Å². The van der Waals surface area contributed by atoms with Crippen molar-refractivity contribution >= 4 is 11.8 Å². The molecule has 0 spiro atoms. The molecule has 0 unspecified atom stereocenters. The highest BCUT2D eigenvalue weighted by molar-refractivity contribution is 5.65. The molecule has 17 heavy (non-hydrogen) atoms. The van der Waals surface area contributed by atoms with E-state index in [1.807, 2.05) is 0 Å². The molecule has 92 valence electrons. The third-order valence-electron chi connectivity index (χ3n) is 3.07. The van der Waals surface area contributed by atoms with Gasteiger partial charge in [-0.2, -0.15) is 0 Å². The van der Waals surface area contributed by atoms with Gasteiger partial charge < -0.3 is 15.7 Å². The van der Waals surface area contributed by atoms with Gasteiger partial charge in [0.25, 0.3) is 0 Å². The van der Waals surface area contributed by atoms with Gasteiger partial charge in [0.05, 0.1) is 17.6 Å². The zero-order valence-corrected chi connectivity index (χ0v) is 9.27. The molecule has 0 aromatic carbocycles. The lowest BCUT2D eigenvalue weighted by Gasteiger charge is -2.30. The summed E-state index contributed by atoms with van der Waals surface area (Å²) < 4.78 is 12.9. The highest BCUT2D eigenvalue weighted by Gasteiger charge is 2.25. The first-order valence-corrected chi connectivity index (χ1v) is 5.46. The van der Waals surface area contributed by atoms with Crippen LogP contribution in [0.15, 0.2) is 12.3 Å². The molecule has 1 aliphatic heterocycles. The summed E-state index contributed by atoms with van der Waals surface area (Å²) in [5.74, 6) is -0.333. The van der Waals surface area contributed by atoms with E-state index in [0.29, 0.717) is 37.3 Å². The van der Waals surface area contributed by atoms with E-state index in [1.165, 1.54) is 11.0 Å². The van der Waals surface area contributed by atoms with Crippen LogP contribution in [0.3, 0.4) is 0 Å². The highest BCUT2D eigenvalue weighted by Crippen LogP contribution is 2.30. The quantitative estimate of drug-likeness (QED) is 0.781. The topological polar surface area (TPSA) is 79.5 Å². The van der Waals surface area contributed by atoms with Crippen molar-refractivity contribution in [3.05, 3.63) is 23.8 Å². The smallest absolute Gasteiger partial charge is 0.407 e. The Morgan fingerprint density at radius 2 is 2.18 bits per heavy atom. The maximum atomic E-state index is 12.9. The molecule has 1 amide bonds. The van der Waals surface area contributed by atoms with Gasteiger partial charge in [0.1, 0.15) is 5.82 Å². The van der Waals surface area contributed by atoms with Crippen LogP contribution in [0.1, 0.15) is 24.5 Å². The summed E-state index contributed by atoms with van der Waals surface area (Å²) >= 11 is 0. The van der Waals surface area contributed by atoms with Gasteiger partial charge in [-0.3, -0.25) is 4.98 Å². The minimum absolute atomic E-state index is 0.117. The number of amides is 1. The molecule has 1 aliphatic rings. The lowest BCUT2D eigenvalue weighted by Crippen LogP contribution is -2.37. The number of pyridine rings is 1. The molecule has 1 aromatic rings. The van der Waals surface area contributed by atoms with Crippen LogP contribution in [-0.2, 0) is 0 Å². The molecule has 0 radical (unpaired) electrons. The first kappa shape index (κ1) is 11.6. The molecule has 5 nitrogen and oxygen atoms in total. The zero-order chi connectivity index (χ0) is 12.4. The van der Waals surface area contributed by atoms with Gasteiger partial charge in [-0.25, -0.2) is 9.18 Å². The third-order valence-corrected chi connectivity index (χ3v) is 3.07. The number of rotatable bonds is 1. The number of likely N-dealkylation sites (tertiary alicyclic amines) is 1. The van der Waals surface area contributed by atoms with E-state index in [1.54, 1.807) is 0 Å². The Morgan fingerprint density at radius 1 is 1.53 bits per heavy atom. The van der Waals surface area contributed by atoms with E-state index in [-0.39, 0.29) is 5.92 Å². The van der Waals surface area contributed by atoms with Crippen molar-refractivity contribution in [1.29, 1.82) is 0 Å². The van der Waals surface area contributed by atoms with Crippen molar-refractivity contribution in [3.8, 4) is 0 Å². The molecule has 3 N–H and O–H groups in total. The molecule has 0 saturated carbocycles. The molecular weight excluding hydrogens is 225 g/mol. The van der Waals surface area contributed by atoms with E-state index in [4.69, 9.17) is 10.8 Å². The molecule has 2 rings (SSSR count). The van der Waals surface area contributed by atoms with Crippen molar-refractivity contribution in [2.24, 2.45) is 0 Å². The fourth-order valence-corrected chi connectivity index (χ4v) is 2.15. The minimum Gasteiger partial charge on any atom is -0.465 e. The fraction of sp³-hybridized carbons (Fsp3) is 0.455. The van der Waals surface area contributed by atoms with Crippen LogP contribution < -0.4 is 5.73 Å². The molecule has 1 fully saturated rings. The Kier molecular flexibility index (Phi) is 3.12. The average molecular weight is 239 g/mol. The summed E-state index contributed by atoms with van der Waals surface area (Å²) in [5.41, 5.74) is 6.74. The third kappa shape index (κ3) is 2.46. The number of nitrogens with two attached hydrogens (primary N) is 1. The van der Waals surface area contributed by atoms with Gasteiger partial charge in [0.15, 0.2) is 0 Å². The van der Waals surface area contributed by atoms with Crippen molar-refractivity contribution in [2.45, 2.75) is 18.8 Å². The first-order chi connectivity index (χ1) is 8.08. The number of hydrogen-bond acceptors (Lipinski definition) is 3. The largest absolute Gasteiger partial charge is 0.465 e. The average Bonchev–Trinajstić information content (AvgIpc) is 2.29. The second-order valence-corrected chi connectivity index (χ2v) is 4.17. The molecule has 1 saturated heterocycles. The number of nitrogen functional groups attached to an aromatic ring is 1. The standard InChI is InChI=1S/C11H14FN3O2/c12-8-5-9(13)10(14-6-8)7-1-3-15(4-2-7)11(16)17/h5-7H,1-4,13H2,(H,16,17). The van der Waals surface area contributed by atoms with Crippen molar-refractivity contribution in [2.75, 3.05) is 18.8 Å². The van der Waals surface area contributed by atoms with Crippen LogP contribution in [-0.4, -0.2) is 34.2 Å². The predicted molar refractivity (Wildman–Crippen MR) is 60.2 cm³/mol. The van der Waals surface area contributed by atoms with Gasteiger partial charge >= 0.3 is 6.09 Å². The fourth-order valence-electron chi connectivity index (χ4n) is 2.15. The van der Waals surface area contributed by atoms with Crippen LogP contribution in [0.5, 0.6) is 0 Å². The van der Waals surface area contributed by atoms with Gasteiger partial charge in [0.2, 0.25) is 0 Å². The van der Waals surface area contributed by atoms with Crippen LogP contribution >= 0.6 is 0 Å². The van der Waals surface area contributed by atoms with E-state index >= 15 is 0 Å². The zero-order valence-electron chi connectivity index (χ0n) is 9.27. The van der Waals surface area contributed by atoms with E-state index in [0.717, 1.165) is 6.20 Å². The molecule has 2 heterocycles. The Morgan fingerprint density at radius 3 is 2.71 bits per heavy atom. The van der Waals surface area contributed by atoms with Crippen LogP contribution in [0.2, 0.25) is 0 Å². The van der Waals surface area contributed by atoms with Crippen molar-refractivity contribution in [3.63, 3.8) is 0 Å². The molecule has 0 aliphatic carbocycles. The Bertz CT molecular complexity index is 431. The number of carboxylic acid groups (broad SMARTS) is 1. The van der Waals surface area contributed by atoms with Crippen LogP contribution in [0.4, 0.5) is 14.9 Å². The lowest BCUT2D eigenvalue weighted by atomic mass is 9.92. The monoisotopic (exact) mass is 239 g/mol. The highest BCUT2D eigenvalue weighted by atomic mass is 19.1. The van der Waals surface area contributed by atoms with Gasteiger partial charge in [-0.1, -0.05) is 0 Å². The second-order valence-electron chi connectivity index (χ2n) is 4.17. The van der Waals surface area contributed by atoms with Gasteiger partial charge in [0, 0.05) is 25.1 Å². The maximum absolute atomic E-state index is 12.9. The molecule has 6 heteroatoms. The SMILES string of the molecule is Nc1cc(F)cnc1C1CCN(C(=O)O)CC1. The summed E-state index contributed by atoms with van der Waals surface area (Å²) in [5, 5.41) is 8.82. The van der Waals surface area contributed by atoms with E-state index in [9.17, 15) is 9.18 Å². The molecule has 0 bridgehead atoms. The van der Waals surface area contributed by atoms with E-state index in [2.05, 4.69) is 4.98 Å². The van der Waals surface area contributed by atoms with Crippen molar-refractivity contribution in [1.82, 2.24) is 9.88 Å². The summed E-state index contributed by atoms with van der Waals surface area (Å²) in [7, 11) is 0. The molecule has 1 aromatic heterocycles. The molecular formula is C11H14FN3O2. The van der Waals surface area contributed by atoms with Crippen molar-refractivity contribution < 1.29 is 14.3 Å². The second kappa shape index (κ2) is 4.57. The molecule has 0 atom stereocenters. The maximum Gasteiger partial charge on any atom is 0.407 e. The van der Waals surface area contributed by atoms with Crippen LogP contribution in [0.25, 0.3) is 0 Å². The lowest BCUT2D eigenvalue weighted by molar-refractivity contribution is 0.132. The number of hydrogen-bond donors (Lipinski definition) is 2. The summed E-state index contributed by atoms with van der Waals surface area (Å²) in [4.78, 5) is 16.1. The predicted octanol–water partition coefficient (Wildman–Crippen LogP) is 1.66. The normalized spacial score (nSPS) is 17.1. The minimum atomic E-state index is -0.900. The number of nitrogens with zero attached hydrogens (tertiary/aromatic N) is 2. The van der Waals surface area contributed by atoms with E-state index < -0.39 is 11.9 Å². The number of halogens is 1. The summed E-state index contributed by atoms with van der Waals surface area (Å²) in [6.07, 6.45) is 1.60. The van der Waals surface area contributed by atoms with Gasteiger partial charge in [-0.15, -0.1) is 0 Å². The Hall–Kier alpha value is -1.85. The number of piperidine rings is 1. The number of anilines is 1. The summed E-state index contributed by atoms with van der Waals surface area (Å²) in [6, 6.07) is 1.26. The number of aromatic nitrogens is 1. The first-order valence-electron chi connectivity index (χ1n) is 5.46. The summed E-state index contributed by atoms with van der Waals surface area (Å²) in [6.45, 7) is 0.941. The number of carbonyl (C=O) groups is 1.